The van der Waals surface area contributed by atoms with Crippen molar-refractivity contribution in [3.8, 4) is 5.75 Å². The molecule has 154 valence electrons. The van der Waals surface area contributed by atoms with Gasteiger partial charge in [-0.25, -0.2) is 4.79 Å². The number of aromatic carboxylic acids is 1. The van der Waals surface area contributed by atoms with Gasteiger partial charge < -0.3 is 14.3 Å². The van der Waals surface area contributed by atoms with E-state index >= 15 is 0 Å². The number of fused-ring (bicyclic) bond motifs is 1. The zero-order valence-corrected chi connectivity index (χ0v) is 15.9. The van der Waals surface area contributed by atoms with Crippen molar-refractivity contribution in [2.75, 3.05) is 0 Å². The van der Waals surface area contributed by atoms with Gasteiger partial charge in [0.05, 0.1) is 0 Å². The molecule has 1 aromatic carbocycles. The molecule has 1 aliphatic carbocycles. The number of furan rings is 1. The molecule has 0 spiro atoms. The third kappa shape index (κ3) is 4.36. The molecular formula is C21H20F3NO4. The molecule has 4 rings (SSSR count). The highest BCUT2D eigenvalue weighted by Gasteiger charge is 2.35. The summed E-state index contributed by atoms with van der Waals surface area (Å²) in [6.45, 7) is 3.66. The van der Waals surface area contributed by atoms with Gasteiger partial charge in [0, 0.05) is 23.1 Å². The van der Waals surface area contributed by atoms with Crippen LogP contribution in [0.25, 0.3) is 11.0 Å². The van der Waals surface area contributed by atoms with Gasteiger partial charge in [0.2, 0.25) is 0 Å². The summed E-state index contributed by atoms with van der Waals surface area (Å²) in [4.78, 5) is 15.0. The Morgan fingerprint density at radius 1 is 1.28 bits per heavy atom. The van der Waals surface area contributed by atoms with Crippen LogP contribution in [-0.2, 0) is 12.8 Å². The van der Waals surface area contributed by atoms with E-state index in [-0.39, 0.29) is 29.4 Å². The summed E-state index contributed by atoms with van der Waals surface area (Å²) in [5.74, 6) is -0.289. The van der Waals surface area contributed by atoms with Gasteiger partial charge in [-0.15, -0.1) is 0 Å². The molecule has 1 aliphatic rings. The van der Waals surface area contributed by atoms with Crippen molar-refractivity contribution < 1.29 is 32.2 Å². The van der Waals surface area contributed by atoms with Crippen LogP contribution >= 0.6 is 0 Å². The van der Waals surface area contributed by atoms with Gasteiger partial charge in [-0.3, -0.25) is 4.98 Å². The summed E-state index contributed by atoms with van der Waals surface area (Å²) in [5.41, 5.74) is -0.597. The van der Waals surface area contributed by atoms with Gasteiger partial charge in [-0.05, 0) is 37.1 Å². The summed E-state index contributed by atoms with van der Waals surface area (Å²) in [6, 6.07) is 7.28. The number of benzene rings is 1. The molecule has 0 radical (unpaired) electrons. The van der Waals surface area contributed by atoms with E-state index in [1.54, 1.807) is 6.07 Å². The van der Waals surface area contributed by atoms with Gasteiger partial charge >= 0.3 is 12.1 Å². The van der Waals surface area contributed by atoms with E-state index in [1.165, 1.54) is 24.3 Å². The number of carboxylic acid groups (broad SMARTS) is 1. The summed E-state index contributed by atoms with van der Waals surface area (Å²) in [5, 5.41) is 9.90. The van der Waals surface area contributed by atoms with E-state index in [0.29, 0.717) is 16.7 Å². The van der Waals surface area contributed by atoms with E-state index in [1.807, 2.05) is 13.8 Å². The third-order valence-corrected chi connectivity index (χ3v) is 4.40. The molecule has 0 amide bonds. The first-order chi connectivity index (χ1) is 13.8. The Balaban J connectivity index is 0.00000117. The fourth-order valence-corrected chi connectivity index (χ4v) is 3.01. The number of nitrogens with zero attached hydrogens (tertiary/aromatic N) is 1. The molecule has 0 aliphatic heterocycles. The highest BCUT2D eigenvalue weighted by Crippen LogP contribution is 2.45. The second kappa shape index (κ2) is 8.14. The van der Waals surface area contributed by atoms with Crippen molar-refractivity contribution in [3.05, 3.63) is 59.1 Å². The smallest absolute Gasteiger partial charge is 0.433 e. The number of alkyl halides is 3. The van der Waals surface area contributed by atoms with Gasteiger partial charge in [-0.1, -0.05) is 19.9 Å². The van der Waals surface area contributed by atoms with Crippen LogP contribution in [-0.4, -0.2) is 16.1 Å². The van der Waals surface area contributed by atoms with Crippen molar-refractivity contribution in [1.29, 1.82) is 0 Å². The van der Waals surface area contributed by atoms with Gasteiger partial charge in [0.1, 0.15) is 29.3 Å². The predicted molar refractivity (Wildman–Crippen MR) is 100 cm³/mol. The minimum atomic E-state index is -4.58. The number of rotatable bonds is 5. The Labute approximate surface area is 165 Å². The van der Waals surface area contributed by atoms with Crippen molar-refractivity contribution >= 4 is 16.9 Å². The fraction of sp³-hybridized carbons (Fsp3) is 0.333. The Bertz CT molecular complexity index is 1020. The number of aromatic nitrogens is 1. The van der Waals surface area contributed by atoms with Crippen LogP contribution < -0.4 is 4.74 Å². The number of hydrogen-bond acceptors (Lipinski definition) is 4. The van der Waals surface area contributed by atoms with Gasteiger partial charge in [0.15, 0.2) is 5.69 Å². The Kier molecular flexibility index (Phi) is 5.81. The molecule has 5 nitrogen and oxygen atoms in total. The number of hydrogen-bond donors (Lipinski definition) is 1. The van der Waals surface area contributed by atoms with E-state index in [2.05, 4.69) is 4.98 Å². The van der Waals surface area contributed by atoms with Crippen LogP contribution in [0.1, 0.15) is 60.0 Å². The molecule has 29 heavy (non-hydrogen) atoms. The molecule has 1 saturated carbocycles. The van der Waals surface area contributed by atoms with Gasteiger partial charge in [-0.2, -0.15) is 13.2 Å². The average molecular weight is 407 g/mol. The molecule has 2 aromatic heterocycles. The van der Waals surface area contributed by atoms with Crippen LogP contribution in [0, 0.1) is 0 Å². The van der Waals surface area contributed by atoms with Crippen LogP contribution in [0.3, 0.4) is 0 Å². The normalized spacial score (nSPS) is 13.7. The standard InChI is InChI=1S/C19H14F3NO4.C2H6/c20-19(21,22)17-11(2-1-7-23-17)9-26-12-5-6-14-13(8-12)15(18(24)25)16(27-14)10-3-4-10;1-2/h1-2,5-8,10H,3-4,9H2,(H,24,25);1-2H3. The summed E-state index contributed by atoms with van der Waals surface area (Å²) in [7, 11) is 0. The minimum absolute atomic E-state index is 0.0929. The topological polar surface area (TPSA) is 72.6 Å². The van der Waals surface area contributed by atoms with E-state index in [4.69, 9.17) is 9.15 Å². The molecule has 2 heterocycles. The molecular weight excluding hydrogens is 387 g/mol. The summed E-state index contributed by atoms with van der Waals surface area (Å²) < 4.78 is 50.2. The summed E-state index contributed by atoms with van der Waals surface area (Å²) in [6.07, 6.45) is -1.75. The Hall–Kier alpha value is -3.03. The number of pyridine rings is 1. The van der Waals surface area contributed by atoms with E-state index in [0.717, 1.165) is 19.0 Å². The Morgan fingerprint density at radius 3 is 2.62 bits per heavy atom. The predicted octanol–water partition coefficient (Wildman–Crippen LogP) is 6.03. The second-order valence-corrected chi connectivity index (χ2v) is 6.38. The lowest BCUT2D eigenvalue weighted by molar-refractivity contribution is -0.142. The lowest BCUT2D eigenvalue weighted by Gasteiger charge is -2.12. The molecule has 0 unspecified atom stereocenters. The fourth-order valence-electron chi connectivity index (χ4n) is 3.01. The highest BCUT2D eigenvalue weighted by molar-refractivity contribution is 6.04. The summed E-state index contributed by atoms with van der Waals surface area (Å²) >= 11 is 0. The zero-order chi connectivity index (χ0) is 21.2. The molecule has 8 heteroatoms. The number of carbonyl (C=O) groups is 1. The number of ether oxygens (including phenoxy) is 1. The van der Waals surface area contributed by atoms with Crippen molar-refractivity contribution in [2.24, 2.45) is 0 Å². The maximum atomic E-state index is 13.0. The molecule has 3 aromatic rings. The maximum absolute atomic E-state index is 13.0. The molecule has 0 bridgehead atoms. The lowest BCUT2D eigenvalue weighted by Crippen LogP contribution is -2.13. The van der Waals surface area contributed by atoms with Crippen LogP contribution in [0.15, 0.2) is 40.9 Å². The number of halogens is 3. The van der Waals surface area contributed by atoms with Crippen molar-refractivity contribution in [2.45, 2.75) is 45.4 Å². The minimum Gasteiger partial charge on any atom is -0.489 e. The zero-order valence-electron chi connectivity index (χ0n) is 15.9. The Morgan fingerprint density at radius 2 is 2.00 bits per heavy atom. The van der Waals surface area contributed by atoms with Crippen LogP contribution in [0.2, 0.25) is 0 Å². The molecule has 1 fully saturated rings. The number of carboxylic acids is 1. The van der Waals surface area contributed by atoms with Crippen molar-refractivity contribution in [1.82, 2.24) is 4.98 Å². The van der Waals surface area contributed by atoms with Crippen molar-refractivity contribution in [3.63, 3.8) is 0 Å². The van der Waals surface area contributed by atoms with E-state index in [9.17, 15) is 23.1 Å². The maximum Gasteiger partial charge on any atom is 0.433 e. The average Bonchev–Trinajstić information content (AvgIpc) is 3.47. The van der Waals surface area contributed by atoms with E-state index < -0.39 is 17.8 Å². The van der Waals surface area contributed by atoms with Crippen LogP contribution in [0.5, 0.6) is 5.75 Å². The molecule has 0 atom stereocenters. The van der Waals surface area contributed by atoms with Crippen LogP contribution in [0.4, 0.5) is 13.2 Å². The SMILES string of the molecule is CC.O=C(O)c1c(C2CC2)oc2ccc(OCc3cccnc3C(F)(F)F)cc12. The monoisotopic (exact) mass is 407 g/mol. The molecule has 0 saturated heterocycles. The molecule has 1 N–H and O–H groups in total. The quantitative estimate of drug-likeness (QED) is 0.559. The first kappa shape index (κ1) is 20.7. The second-order valence-electron chi connectivity index (χ2n) is 6.38. The first-order valence-electron chi connectivity index (χ1n) is 9.28. The first-order valence-corrected chi connectivity index (χ1v) is 9.28. The highest BCUT2D eigenvalue weighted by atomic mass is 19.4. The largest absolute Gasteiger partial charge is 0.489 e. The van der Waals surface area contributed by atoms with Gasteiger partial charge in [0.25, 0.3) is 0 Å². The lowest BCUT2D eigenvalue weighted by atomic mass is 10.1. The third-order valence-electron chi connectivity index (χ3n) is 4.40.